The monoisotopic (exact) mass is 238 g/mol. The second-order valence-corrected chi connectivity index (χ2v) is 4.31. The number of nitrogens with zero attached hydrogens (tertiary/aromatic N) is 1. The lowest BCUT2D eigenvalue weighted by atomic mass is 10.2. The van der Waals surface area contributed by atoms with Gasteiger partial charge in [-0.2, -0.15) is 4.98 Å². The van der Waals surface area contributed by atoms with Crippen molar-refractivity contribution in [3.05, 3.63) is 18.2 Å². The fourth-order valence-corrected chi connectivity index (χ4v) is 1.34. The minimum atomic E-state index is 0.600. The Morgan fingerprint density at radius 3 is 2.88 bits per heavy atom. The van der Waals surface area contributed by atoms with Crippen molar-refractivity contribution in [3.8, 4) is 5.88 Å². The molecule has 0 unspecified atom stereocenters. The van der Waals surface area contributed by atoms with Crippen molar-refractivity contribution in [2.24, 2.45) is 5.92 Å². The highest BCUT2D eigenvalue weighted by Gasteiger charge is 1.97. The van der Waals surface area contributed by atoms with Crippen molar-refractivity contribution in [2.45, 2.75) is 20.3 Å². The van der Waals surface area contributed by atoms with E-state index < -0.39 is 0 Å². The summed E-state index contributed by atoms with van der Waals surface area (Å²) >= 11 is 0. The van der Waals surface area contributed by atoms with E-state index in [9.17, 15) is 0 Å². The molecule has 0 aliphatic rings. The summed E-state index contributed by atoms with van der Waals surface area (Å²) in [5.41, 5.74) is 0. The smallest absolute Gasteiger partial charge is 0.214 e. The fraction of sp³-hybridized carbons (Fsp3) is 0.615. The summed E-state index contributed by atoms with van der Waals surface area (Å²) in [6, 6.07) is 5.68. The number of methoxy groups -OCH3 is 1. The fourth-order valence-electron chi connectivity index (χ4n) is 1.34. The Balaban J connectivity index is 2.13. The van der Waals surface area contributed by atoms with Crippen molar-refractivity contribution in [1.82, 2.24) is 4.98 Å². The van der Waals surface area contributed by atoms with Crippen molar-refractivity contribution in [1.29, 1.82) is 0 Å². The maximum atomic E-state index is 5.49. The highest BCUT2D eigenvalue weighted by atomic mass is 16.5. The normalized spacial score (nSPS) is 10.6. The zero-order valence-corrected chi connectivity index (χ0v) is 10.9. The minimum Gasteiger partial charge on any atom is -0.481 e. The maximum Gasteiger partial charge on any atom is 0.214 e. The van der Waals surface area contributed by atoms with Crippen LogP contribution in [0, 0.1) is 5.92 Å². The quantitative estimate of drug-likeness (QED) is 0.707. The van der Waals surface area contributed by atoms with Crippen molar-refractivity contribution in [3.63, 3.8) is 0 Å². The summed E-state index contributed by atoms with van der Waals surface area (Å²) in [5.74, 6) is 2.07. The van der Waals surface area contributed by atoms with Gasteiger partial charge in [-0.15, -0.1) is 0 Å². The highest BCUT2D eigenvalue weighted by Crippen LogP contribution is 2.10. The molecule has 1 rings (SSSR count). The van der Waals surface area contributed by atoms with E-state index in [1.807, 2.05) is 18.2 Å². The summed E-state index contributed by atoms with van der Waals surface area (Å²) in [6.07, 6.45) is 0.978. The second-order valence-electron chi connectivity index (χ2n) is 4.31. The zero-order valence-electron chi connectivity index (χ0n) is 10.9. The first-order valence-electron chi connectivity index (χ1n) is 6.05. The largest absolute Gasteiger partial charge is 0.481 e. The van der Waals surface area contributed by atoms with E-state index in [-0.39, 0.29) is 0 Å². The topological polar surface area (TPSA) is 43.4 Å². The van der Waals surface area contributed by atoms with Gasteiger partial charge in [0.2, 0.25) is 5.88 Å². The Morgan fingerprint density at radius 2 is 2.18 bits per heavy atom. The van der Waals surface area contributed by atoms with Gasteiger partial charge >= 0.3 is 0 Å². The number of hydrogen-bond donors (Lipinski definition) is 1. The molecule has 4 heteroatoms. The molecule has 0 bridgehead atoms. The Labute approximate surface area is 103 Å². The summed E-state index contributed by atoms with van der Waals surface area (Å²) < 4.78 is 10.5. The molecule has 0 aromatic carbocycles. The third kappa shape index (κ3) is 6.12. The number of hydrogen-bond acceptors (Lipinski definition) is 4. The average Bonchev–Trinajstić information content (AvgIpc) is 2.33. The predicted molar refractivity (Wildman–Crippen MR) is 69.6 cm³/mol. The second kappa shape index (κ2) is 7.90. The Hall–Kier alpha value is -1.29. The van der Waals surface area contributed by atoms with E-state index in [4.69, 9.17) is 9.47 Å². The van der Waals surface area contributed by atoms with Gasteiger partial charge in [0.1, 0.15) is 5.82 Å². The first-order chi connectivity index (χ1) is 8.22. The maximum absolute atomic E-state index is 5.49. The van der Waals surface area contributed by atoms with Gasteiger partial charge < -0.3 is 14.8 Å². The molecule has 0 amide bonds. The molecule has 0 spiro atoms. The molecule has 0 radical (unpaired) electrons. The molecule has 0 atom stereocenters. The molecule has 1 N–H and O–H groups in total. The summed E-state index contributed by atoms with van der Waals surface area (Å²) in [6.45, 7) is 6.78. The number of rotatable bonds is 8. The van der Waals surface area contributed by atoms with Gasteiger partial charge in [-0.05, 0) is 18.4 Å². The van der Waals surface area contributed by atoms with Crippen LogP contribution < -0.4 is 10.1 Å². The third-order valence-electron chi connectivity index (χ3n) is 2.16. The number of anilines is 1. The third-order valence-corrected chi connectivity index (χ3v) is 2.16. The Bertz CT molecular complexity index is 316. The van der Waals surface area contributed by atoms with Gasteiger partial charge in [0, 0.05) is 25.8 Å². The number of aromatic nitrogens is 1. The van der Waals surface area contributed by atoms with E-state index in [0.29, 0.717) is 11.8 Å². The molecule has 96 valence electrons. The SMILES string of the molecule is COc1cccc(NCCCOCC(C)C)n1. The van der Waals surface area contributed by atoms with Gasteiger partial charge in [-0.25, -0.2) is 0 Å². The van der Waals surface area contributed by atoms with Gasteiger partial charge in [-0.3, -0.25) is 0 Å². The summed E-state index contributed by atoms with van der Waals surface area (Å²) in [5, 5.41) is 3.24. The molecular formula is C13H22N2O2. The Morgan fingerprint density at radius 1 is 1.35 bits per heavy atom. The van der Waals surface area contributed by atoms with Crippen LogP contribution in [-0.2, 0) is 4.74 Å². The van der Waals surface area contributed by atoms with Crippen LogP contribution in [0.1, 0.15) is 20.3 Å². The van der Waals surface area contributed by atoms with Crippen LogP contribution in [0.5, 0.6) is 5.88 Å². The van der Waals surface area contributed by atoms with E-state index in [2.05, 4.69) is 24.1 Å². The molecular weight excluding hydrogens is 216 g/mol. The molecule has 0 aliphatic carbocycles. The summed E-state index contributed by atoms with van der Waals surface area (Å²) in [4.78, 5) is 4.26. The van der Waals surface area contributed by atoms with E-state index >= 15 is 0 Å². The lowest BCUT2D eigenvalue weighted by molar-refractivity contribution is 0.110. The van der Waals surface area contributed by atoms with Crippen LogP contribution in [0.4, 0.5) is 5.82 Å². The molecule has 0 saturated heterocycles. The molecule has 17 heavy (non-hydrogen) atoms. The first-order valence-corrected chi connectivity index (χ1v) is 6.05. The van der Waals surface area contributed by atoms with Crippen molar-refractivity contribution < 1.29 is 9.47 Å². The van der Waals surface area contributed by atoms with E-state index in [0.717, 1.165) is 32.0 Å². The van der Waals surface area contributed by atoms with Crippen LogP contribution in [0.15, 0.2) is 18.2 Å². The van der Waals surface area contributed by atoms with Gasteiger partial charge in [0.15, 0.2) is 0 Å². The molecule has 1 aromatic heterocycles. The molecule has 0 fully saturated rings. The molecule has 0 aliphatic heterocycles. The standard InChI is InChI=1S/C13H22N2O2/c1-11(2)10-17-9-5-8-14-12-6-4-7-13(15-12)16-3/h4,6-7,11H,5,8-10H2,1-3H3,(H,14,15). The Kier molecular flexibility index (Phi) is 6.40. The lowest BCUT2D eigenvalue weighted by Crippen LogP contribution is -2.09. The van der Waals surface area contributed by atoms with Crippen molar-refractivity contribution >= 4 is 5.82 Å². The average molecular weight is 238 g/mol. The van der Waals surface area contributed by atoms with Crippen LogP contribution in [-0.4, -0.2) is 31.9 Å². The van der Waals surface area contributed by atoms with E-state index in [1.54, 1.807) is 7.11 Å². The lowest BCUT2D eigenvalue weighted by Gasteiger charge is -2.08. The molecule has 4 nitrogen and oxygen atoms in total. The zero-order chi connectivity index (χ0) is 12.5. The highest BCUT2D eigenvalue weighted by molar-refractivity contribution is 5.36. The van der Waals surface area contributed by atoms with Gasteiger partial charge in [-0.1, -0.05) is 19.9 Å². The van der Waals surface area contributed by atoms with Crippen LogP contribution in [0.25, 0.3) is 0 Å². The van der Waals surface area contributed by atoms with Crippen molar-refractivity contribution in [2.75, 3.05) is 32.2 Å². The summed E-state index contributed by atoms with van der Waals surface area (Å²) in [7, 11) is 1.62. The first kappa shape index (κ1) is 13.8. The van der Waals surface area contributed by atoms with Crippen LogP contribution in [0.3, 0.4) is 0 Å². The minimum absolute atomic E-state index is 0.600. The molecule has 1 heterocycles. The number of pyridine rings is 1. The van der Waals surface area contributed by atoms with E-state index in [1.165, 1.54) is 0 Å². The number of nitrogens with one attached hydrogen (secondary N) is 1. The van der Waals surface area contributed by atoms with Gasteiger partial charge in [0.25, 0.3) is 0 Å². The molecule has 0 saturated carbocycles. The van der Waals surface area contributed by atoms with Crippen LogP contribution >= 0.6 is 0 Å². The number of ether oxygens (including phenoxy) is 2. The van der Waals surface area contributed by atoms with Crippen LogP contribution in [0.2, 0.25) is 0 Å². The van der Waals surface area contributed by atoms with Gasteiger partial charge in [0.05, 0.1) is 7.11 Å². The predicted octanol–water partition coefficient (Wildman–Crippen LogP) is 2.56. The molecule has 1 aromatic rings.